The summed E-state index contributed by atoms with van der Waals surface area (Å²) in [6, 6.07) is 16.0. The van der Waals surface area contributed by atoms with E-state index in [9.17, 15) is 4.79 Å². The maximum Gasteiger partial charge on any atom is 0.244 e. The molecule has 0 bridgehead atoms. The molecule has 1 N–H and O–H groups in total. The van der Waals surface area contributed by atoms with Gasteiger partial charge in [0.1, 0.15) is 6.54 Å². The van der Waals surface area contributed by atoms with Crippen LogP contribution in [0.15, 0.2) is 48.5 Å². The van der Waals surface area contributed by atoms with Gasteiger partial charge in [-0.1, -0.05) is 18.2 Å². The molecule has 0 unspecified atom stereocenters. The second-order valence-electron chi connectivity index (χ2n) is 4.13. The molecule has 0 aromatic heterocycles. The number of amides is 1. The summed E-state index contributed by atoms with van der Waals surface area (Å²) in [6.45, 7) is 0.359. The molecule has 1 heterocycles. The first kappa shape index (κ1) is 11.5. The van der Waals surface area contributed by atoms with Crippen LogP contribution in [0.5, 0.6) is 0 Å². The Morgan fingerprint density at radius 2 is 1.89 bits per heavy atom. The Hall–Kier alpha value is -1.56. The molecule has 1 aliphatic heterocycles. The van der Waals surface area contributed by atoms with Gasteiger partial charge in [-0.15, -0.1) is 0 Å². The van der Waals surface area contributed by atoms with Crippen molar-refractivity contribution in [3.05, 3.63) is 52.1 Å². The van der Waals surface area contributed by atoms with Gasteiger partial charge >= 0.3 is 0 Å². The molecule has 0 saturated heterocycles. The first-order valence-electron chi connectivity index (χ1n) is 5.66. The molecule has 1 amide bonds. The number of carbonyl (C=O) groups excluding carboxylic acids is 1. The largest absolute Gasteiger partial charge is 0.330 e. The van der Waals surface area contributed by atoms with Crippen molar-refractivity contribution in [3.8, 4) is 0 Å². The van der Waals surface area contributed by atoms with E-state index in [1.165, 1.54) is 0 Å². The van der Waals surface area contributed by atoms with Gasteiger partial charge in [0.15, 0.2) is 0 Å². The lowest BCUT2D eigenvalue weighted by atomic mass is 10.1. The number of nitrogens with one attached hydrogen (secondary N) is 1. The predicted octanol–water partition coefficient (Wildman–Crippen LogP) is 3.38. The lowest BCUT2D eigenvalue weighted by Gasteiger charge is -2.31. The van der Waals surface area contributed by atoms with E-state index >= 15 is 0 Å². The molecular weight excluding hydrogens is 339 g/mol. The lowest BCUT2D eigenvalue weighted by molar-refractivity contribution is -0.115. The third-order valence-corrected chi connectivity index (χ3v) is 3.56. The number of nitrogens with zero attached hydrogens (tertiary/aromatic N) is 1. The minimum absolute atomic E-state index is 0.0216. The Morgan fingerprint density at radius 3 is 2.67 bits per heavy atom. The predicted molar refractivity (Wildman–Crippen MR) is 81.2 cm³/mol. The molecule has 2 aromatic rings. The Morgan fingerprint density at radius 1 is 1.11 bits per heavy atom. The van der Waals surface area contributed by atoms with E-state index in [2.05, 4.69) is 27.9 Å². The average Bonchev–Trinajstić information content (AvgIpc) is 2.38. The number of para-hydroxylation sites is 1. The van der Waals surface area contributed by atoms with Gasteiger partial charge in [-0.3, -0.25) is 4.79 Å². The van der Waals surface area contributed by atoms with Gasteiger partial charge in [-0.05, 0) is 52.9 Å². The number of hydrogen-bond acceptors (Lipinski definition) is 2. The maximum absolute atomic E-state index is 11.8. The molecule has 1 aliphatic rings. The number of rotatable bonds is 1. The van der Waals surface area contributed by atoms with Crippen molar-refractivity contribution in [2.75, 3.05) is 16.8 Å². The second kappa shape index (κ2) is 4.61. The van der Waals surface area contributed by atoms with Crippen LogP contribution in [-0.4, -0.2) is 12.5 Å². The number of fused-ring (bicyclic) bond motifs is 1. The van der Waals surface area contributed by atoms with Crippen molar-refractivity contribution in [1.29, 1.82) is 0 Å². The number of halogens is 1. The van der Waals surface area contributed by atoms with Gasteiger partial charge in [-0.25, -0.2) is 0 Å². The van der Waals surface area contributed by atoms with Crippen molar-refractivity contribution >= 4 is 45.6 Å². The molecule has 4 heteroatoms. The van der Waals surface area contributed by atoms with Crippen molar-refractivity contribution in [2.45, 2.75) is 0 Å². The molecule has 3 rings (SSSR count). The fourth-order valence-corrected chi connectivity index (χ4v) is 2.59. The SMILES string of the molecule is O=C1CN(c2ccccc2)c2ccc(I)cc2N1. The highest BCUT2D eigenvalue weighted by Gasteiger charge is 2.22. The van der Waals surface area contributed by atoms with Gasteiger partial charge in [-0.2, -0.15) is 0 Å². The summed E-state index contributed by atoms with van der Waals surface area (Å²) in [6.07, 6.45) is 0. The van der Waals surface area contributed by atoms with Crippen molar-refractivity contribution in [1.82, 2.24) is 0 Å². The zero-order valence-corrected chi connectivity index (χ0v) is 11.7. The average molecular weight is 350 g/mol. The standard InChI is InChI=1S/C14H11IN2O/c15-10-6-7-13-12(8-10)16-14(18)9-17(13)11-4-2-1-3-5-11/h1-8H,9H2,(H,16,18). The zero-order chi connectivity index (χ0) is 12.5. The van der Waals surface area contributed by atoms with Crippen LogP contribution in [-0.2, 0) is 4.79 Å². The number of hydrogen-bond donors (Lipinski definition) is 1. The summed E-state index contributed by atoms with van der Waals surface area (Å²) in [7, 11) is 0. The Balaban J connectivity index is 2.10. The van der Waals surface area contributed by atoms with E-state index in [1.807, 2.05) is 53.4 Å². The van der Waals surface area contributed by atoms with Crippen molar-refractivity contribution < 1.29 is 4.79 Å². The van der Waals surface area contributed by atoms with E-state index in [0.29, 0.717) is 6.54 Å². The molecule has 90 valence electrons. The fraction of sp³-hybridized carbons (Fsp3) is 0.0714. The number of carbonyl (C=O) groups is 1. The summed E-state index contributed by atoms with van der Waals surface area (Å²) in [5.74, 6) is 0.0216. The van der Waals surface area contributed by atoms with Gasteiger partial charge in [0.05, 0.1) is 11.4 Å². The molecule has 18 heavy (non-hydrogen) atoms. The molecule has 0 saturated carbocycles. The molecule has 0 spiro atoms. The molecule has 3 nitrogen and oxygen atoms in total. The molecule has 0 aliphatic carbocycles. The fourth-order valence-electron chi connectivity index (χ4n) is 2.10. The smallest absolute Gasteiger partial charge is 0.244 e. The minimum Gasteiger partial charge on any atom is -0.330 e. The Labute approximate surface area is 119 Å². The topological polar surface area (TPSA) is 32.3 Å². The normalized spacial score (nSPS) is 14.1. The Kier molecular flexibility index (Phi) is 2.95. The molecule has 0 radical (unpaired) electrons. The maximum atomic E-state index is 11.8. The van der Waals surface area contributed by atoms with Gasteiger partial charge in [0.25, 0.3) is 0 Å². The summed E-state index contributed by atoms with van der Waals surface area (Å²) >= 11 is 2.24. The zero-order valence-electron chi connectivity index (χ0n) is 9.56. The highest BCUT2D eigenvalue weighted by Crippen LogP contribution is 2.35. The second-order valence-corrected chi connectivity index (χ2v) is 5.38. The van der Waals surface area contributed by atoms with E-state index in [-0.39, 0.29) is 5.91 Å². The van der Waals surface area contributed by atoms with E-state index in [1.54, 1.807) is 0 Å². The van der Waals surface area contributed by atoms with Gasteiger partial charge in [0, 0.05) is 9.26 Å². The number of benzene rings is 2. The lowest BCUT2D eigenvalue weighted by Crippen LogP contribution is -2.35. The van der Waals surface area contributed by atoms with Crippen molar-refractivity contribution in [3.63, 3.8) is 0 Å². The molecule has 0 fully saturated rings. The minimum atomic E-state index is 0.0216. The van der Waals surface area contributed by atoms with Gasteiger partial charge < -0.3 is 10.2 Å². The van der Waals surface area contributed by atoms with Crippen LogP contribution >= 0.6 is 22.6 Å². The first-order chi connectivity index (χ1) is 8.74. The van der Waals surface area contributed by atoms with E-state index in [0.717, 1.165) is 20.6 Å². The summed E-state index contributed by atoms with van der Waals surface area (Å²) in [4.78, 5) is 13.8. The van der Waals surface area contributed by atoms with Crippen LogP contribution in [0.25, 0.3) is 0 Å². The van der Waals surface area contributed by atoms with Crippen LogP contribution in [0, 0.1) is 3.57 Å². The Bertz CT molecular complexity index is 598. The van der Waals surface area contributed by atoms with Crippen LogP contribution in [0.4, 0.5) is 17.1 Å². The van der Waals surface area contributed by atoms with Crippen LogP contribution in [0.3, 0.4) is 0 Å². The van der Waals surface area contributed by atoms with Crippen molar-refractivity contribution in [2.24, 2.45) is 0 Å². The molecular formula is C14H11IN2O. The third kappa shape index (κ3) is 2.08. The summed E-state index contributed by atoms with van der Waals surface area (Å²) < 4.78 is 1.11. The van der Waals surface area contributed by atoms with Crippen LogP contribution < -0.4 is 10.2 Å². The highest BCUT2D eigenvalue weighted by atomic mass is 127. The summed E-state index contributed by atoms with van der Waals surface area (Å²) in [5.41, 5.74) is 2.96. The molecule has 0 atom stereocenters. The third-order valence-electron chi connectivity index (χ3n) is 2.89. The monoisotopic (exact) mass is 350 g/mol. The number of anilines is 3. The molecule has 2 aromatic carbocycles. The van der Waals surface area contributed by atoms with E-state index < -0.39 is 0 Å². The van der Waals surface area contributed by atoms with Gasteiger partial charge in [0.2, 0.25) is 5.91 Å². The van der Waals surface area contributed by atoms with Crippen LogP contribution in [0.1, 0.15) is 0 Å². The van der Waals surface area contributed by atoms with E-state index in [4.69, 9.17) is 0 Å². The first-order valence-corrected chi connectivity index (χ1v) is 6.74. The highest BCUT2D eigenvalue weighted by molar-refractivity contribution is 14.1. The quantitative estimate of drug-likeness (QED) is 0.800. The van der Waals surface area contributed by atoms with Crippen LogP contribution in [0.2, 0.25) is 0 Å². The summed E-state index contributed by atoms with van der Waals surface area (Å²) in [5, 5.41) is 2.92.